The van der Waals surface area contributed by atoms with Gasteiger partial charge in [0.1, 0.15) is 22.1 Å². The van der Waals surface area contributed by atoms with Crippen LogP contribution in [0.15, 0.2) is 30.3 Å². The lowest BCUT2D eigenvalue weighted by atomic mass is 10.2. The molecule has 0 aliphatic rings. The molecule has 0 saturated carbocycles. The molecule has 1 aromatic heterocycles. The van der Waals surface area contributed by atoms with Gasteiger partial charge in [-0.2, -0.15) is 0 Å². The molecule has 19 heavy (non-hydrogen) atoms. The molecule has 0 bridgehead atoms. The third-order valence-electron chi connectivity index (χ3n) is 2.74. The van der Waals surface area contributed by atoms with Crippen LogP contribution in [0.4, 0.5) is 10.2 Å². The van der Waals surface area contributed by atoms with Gasteiger partial charge >= 0.3 is 0 Å². The molecule has 100 valence electrons. The number of hydrogen-bond acceptors (Lipinski definition) is 3. The fourth-order valence-corrected chi connectivity index (χ4v) is 1.89. The first-order valence-electron chi connectivity index (χ1n) is 6.15. The molecule has 3 nitrogen and oxygen atoms in total. The zero-order chi connectivity index (χ0) is 13.8. The second-order valence-corrected chi connectivity index (χ2v) is 5.04. The maximum Gasteiger partial charge on any atom is 0.131 e. The third-order valence-corrected chi connectivity index (χ3v) is 2.94. The molecule has 0 radical (unpaired) electrons. The number of benzene rings is 1. The maximum absolute atomic E-state index is 13.5. The van der Waals surface area contributed by atoms with Crippen molar-refractivity contribution in [1.29, 1.82) is 0 Å². The first kappa shape index (κ1) is 13.7. The van der Waals surface area contributed by atoms with Crippen molar-refractivity contribution in [3.05, 3.63) is 52.2 Å². The van der Waals surface area contributed by atoms with Gasteiger partial charge in [-0.05, 0) is 6.07 Å². The molecule has 5 heteroatoms. The summed E-state index contributed by atoms with van der Waals surface area (Å²) in [5.41, 5.74) is 0.615. The predicted octanol–water partition coefficient (Wildman–Crippen LogP) is 4.01. The van der Waals surface area contributed by atoms with Crippen molar-refractivity contribution in [2.75, 3.05) is 5.32 Å². The Labute approximate surface area is 116 Å². The van der Waals surface area contributed by atoms with Crippen molar-refractivity contribution in [2.24, 2.45) is 0 Å². The van der Waals surface area contributed by atoms with Gasteiger partial charge in [0.15, 0.2) is 0 Å². The lowest BCUT2D eigenvalue weighted by molar-refractivity contribution is 0.613. The summed E-state index contributed by atoms with van der Waals surface area (Å²) >= 11 is 5.12. The highest BCUT2D eigenvalue weighted by atomic mass is 32.1. The Morgan fingerprint density at radius 2 is 2.11 bits per heavy atom. The number of anilines is 1. The van der Waals surface area contributed by atoms with Crippen LogP contribution in [0, 0.1) is 10.5 Å². The van der Waals surface area contributed by atoms with E-state index in [9.17, 15) is 4.39 Å². The minimum Gasteiger partial charge on any atom is -0.367 e. The third kappa shape index (κ3) is 3.61. The zero-order valence-electron chi connectivity index (χ0n) is 10.9. The van der Waals surface area contributed by atoms with E-state index in [-0.39, 0.29) is 11.7 Å². The summed E-state index contributed by atoms with van der Waals surface area (Å²) in [5, 5.41) is 3.14. The summed E-state index contributed by atoms with van der Waals surface area (Å²) < 4.78 is 14.0. The Hall–Kier alpha value is -1.75. The van der Waals surface area contributed by atoms with Crippen molar-refractivity contribution in [3.8, 4) is 0 Å². The van der Waals surface area contributed by atoms with Gasteiger partial charge < -0.3 is 10.3 Å². The number of aromatic amines is 1. The van der Waals surface area contributed by atoms with E-state index < -0.39 is 0 Å². The standard InChI is InChI=1S/C14H16FN3S/c1-9(2)14-17-12(7-13(19)18-14)16-8-10-5-3-4-6-11(10)15/h3-7,9H,8H2,1-2H3,(H2,16,17,18,19). The van der Waals surface area contributed by atoms with Gasteiger partial charge in [0.05, 0.1) is 0 Å². The molecule has 0 spiro atoms. The smallest absolute Gasteiger partial charge is 0.131 e. The molecule has 0 saturated heterocycles. The minimum atomic E-state index is -0.216. The highest BCUT2D eigenvalue weighted by molar-refractivity contribution is 7.71. The molecular formula is C14H16FN3S. The summed E-state index contributed by atoms with van der Waals surface area (Å²) in [5.74, 6) is 1.62. The second-order valence-electron chi connectivity index (χ2n) is 4.62. The molecule has 0 unspecified atom stereocenters. The van der Waals surface area contributed by atoms with Crippen LogP contribution in [0.25, 0.3) is 0 Å². The van der Waals surface area contributed by atoms with Crippen molar-refractivity contribution in [2.45, 2.75) is 26.3 Å². The highest BCUT2D eigenvalue weighted by Crippen LogP contribution is 2.14. The van der Waals surface area contributed by atoms with Crippen LogP contribution in [0.2, 0.25) is 0 Å². The quantitative estimate of drug-likeness (QED) is 0.829. The van der Waals surface area contributed by atoms with E-state index in [1.165, 1.54) is 6.07 Å². The van der Waals surface area contributed by atoms with E-state index in [2.05, 4.69) is 15.3 Å². The minimum absolute atomic E-state index is 0.216. The number of rotatable bonds is 4. The Kier molecular flexibility index (Phi) is 4.27. The van der Waals surface area contributed by atoms with Gasteiger partial charge in [0, 0.05) is 24.1 Å². The summed E-state index contributed by atoms with van der Waals surface area (Å²) in [4.78, 5) is 7.41. The van der Waals surface area contributed by atoms with E-state index in [1.54, 1.807) is 18.2 Å². The average molecular weight is 277 g/mol. The van der Waals surface area contributed by atoms with Gasteiger partial charge in [-0.25, -0.2) is 9.37 Å². The molecule has 2 rings (SSSR count). The molecule has 0 aliphatic carbocycles. The number of aromatic nitrogens is 2. The van der Waals surface area contributed by atoms with Crippen LogP contribution >= 0.6 is 12.2 Å². The SMILES string of the molecule is CC(C)c1nc(=S)cc(NCc2ccccc2F)[nH]1. The Balaban J connectivity index is 2.16. The second kappa shape index (κ2) is 5.93. The number of halogens is 1. The number of H-pyrrole nitrogens is 1. The number of nitrogens with zero attached hydrogens (tertiary/aromatic N) is 1. The van der Waals surface area contributed by atoms with Gasteiger partial charge in [-0.15, -0.1) is 0 Å². The van der Waals surface area contributed by atoms with E-state index >= 15 is 0 Å². The van der Waals surface area contributed by atoms with Crippen LogP contribution in [-0.2, 0) is 6.54 Å². The highest BCUT2D eigenvalue weighted by Gasteiger charge is 2.04. The van der Waals surface area contributed by atoms with Crippen LogP contribution in [0.1, 0.15) is 31.2 Å². The lowest BCUT2D eigenvalue weighted by Crippen LogP contribution is -2.06. The molecule has 0 atom stereocenters. The Morgan fingerprint density at radius 1 is 1.37 bits per heavy atom. The summed E-state index contributed by atoms with van der Waals surface area (Å²) in [6.07, 6.45) is 0. The fourth-order valence-electron chi connectivity index (χ4n) is 1.68. The maximum atomic E-state index is 13.5. The van der Waals surface area contributed by atoms with Crippen molar-refractivity contribution >= 4 is 18.0 Å². The largest absolute Gasteiger partial charge is 0.367 e. The van der Waals surface area contributed by atoms with Crippen LogP contribution < -0.4 is 5.32 Å². The van der Waals surface area contributed by atoms with Crippen molar-refractivity contribution < 1.29 is 4.39 Å². The fraction of sp³-hybridized carbons (Fsp3) is 0.286. The molecule has 0 amide bonds. The number of nitrogens with one attached hydrogen (secondary N) is 2. The average Bonchev–Trinajstić information content (AvgIpc) is 2.37. The van der Waals surface area contributed by atoms with E-state index in [0.29, 0.717) is 16.7 Å². The van der Waals surface area contributed by atoms with E-state index in [4.69, 9.17) is 12.2 Å². The van der Waals surface area contributed by atoms with E-state index in [0.717, 1.165) is 11.6 Å². The number of hydrogen-bond donors (Lipinski definition) is 2. The summed E-state index contributed by atoms with van der Waals surface area (Å²) in [6.45, 7) is 4.47. The van der Waals surface area contributed by atoms with Crippen LogP contribution in [0.3, 0.4) is 0 Å². The molecule has 0 aliphatic heterocycles. The topological polar surface area (TPSA) is 40.7 Å². The Morgan fingerprint density at radius 3 is 2.79 bits per heavy atom. The molecule has 1 heterocycles. The summed E-state index contributed by atoms with van der Waals surface area (Å²) in [7, 11) is 0. The zero-order valence-corrected chi connectivity index (χ0v) is 11.7. The van der Waals surface area contributed by atoms with Gasteiger partial charge in [-0.1, -0.05) is 44.3 Å². The molecule has 2 aromatic rings. The predicted molar refractivity (Wildman–Crippen MR) is 77.2 cm³/mol. The van der Waals surface area contributed by atoms with Gasteiger partial charge in [-0.3, -0.25) is 0 Å². The Bertz CT molecular complexity index is 622. The van der Waals surface area contributed by atoms with Gasteiger partial charge in [0.2, 0.25) is 0 Å². The molecule has 0 fully saturated rings. The summed E-state index contributed by atoms with van der Waals surface area (Å²) in [6, 6.07) is 8.43. The normalized spacial score (nSPS) is 10.7. The molecule has 2 N–H and O–H groups in total. The molecule has 1 aromatic carbocycles. The van der Waals surface area contributed by atoms with Gasteiger partial charge in [0.25, 0.3) is 0 Å². The van der Waals surface area contributed by atoms with Crippen LogP contribution in [0.5, 0.6) is 0 Å². The first-order valence-corrected chi connectivity index (χ1v) is 6.55. The van der Waals surface area contributed by atoms with Crippen LogP contribution in [-0.4, -0.2) is 9.97 Å². The monoisotopic (exact) mass is 277 g/mol. The van der Waals surface area contributed by atoms with E-state index in [1.807, 2.05) is 19.9 Å². The van der Waals surface area contributed by atoms with Crippen molar-refractivity contribution in [3.63, 3.8) is 0 Å². The van der Waals surface area contributed by atoms with Crippen molar-refractivity contribution in [1.82, 2.24) is 9.97 Å². The molecular weight excluding hydrogens is 261 g/mol. The lowest BCUT2D eigenvalue weighted by Gasteiger charge is -2.10. The first-order chi connectivity index (χ1) is 9.06.